The van der Waals surface area contributed by atoms with E-state index in [1.54, 1.807) is 0 Å². The highest BCUT2D eigenvalue weighted by Gasteiger charge is 1.62. The molecule has 0 aliphatic rings. The lowest BCUT2D eigenvalue weighted by Gasteiger charge is -1.56. The molecule has 0 heterocycles. The molecule has 0 fully saturated rings. The predicted molar refractivity (Wildman–Crippen MR) is 37.2 cm³/mol. The molecule has 1 nitrogen and oxygen atoms in total. The minimum atomic E-state index is 0.167. The van der Waals surface area contributed by atoms with Crippen LogP contribution in [0, 0.1) is 0 Å². The minimum absolute atomic E-state index is 0.167. The molecule has 8 heavy (non-hydrogen) atoms. The van der Waals surface area contributed by atoms with E-state index in [-0.39, 0.29) is 5.78 Å². The molecular formula is C5H8Cl2O. The summed E-state index contributed by atoms with van der Waals surface area (Å²) in [6, 6.07) is 0. The number of Topliss-reactive ketones (excluding diaryl/α,β-unsaturated/α-hetero) is 1. The molecular weight excluding hydrogens is 147 g/mol. The van der Waals surface area contributed by atoms with Crippen LogP contribution >= 0.6 is 23.2 Å². The van der Waals surface area contributed by atoms with Crippen molar-refractivity contribution in [2.75, 3.05) is 0 Å². The van der Waals surface area contributed by atoms with E-state index in [0.717, 1.165) is 0 Å². The number of carbonyl (C=O) groups excluding carboxylic acids is 1. The summed E-state index contributed by atoms with van der Waals surface area (Å²) in [5.41, 5.74) is 2.48. The Balaban J connectivity index is 0. The van der Waals surface area contributed by atoms with Gasteiger partial charge in [-0.3, -0.25) is 0 Å². The van der Waals surface area contributed by atoms with Gasteiger partial charge in [0.15, 0.2) is 0 Å². The quantitative estimate of drug-likeness (QED) is 0.525. The van der Waals surface area contributed by atoms with Crippen molar-refractivity contribution in [2.24, 2.45) is 0 Å². The highest BCUT2D eigenvalue weighted by atomic mass is 35.5. The third-order valence-corrected chi connectivity index (χ3v) is 0.429. The van der Waals surface area contributed by atoms with Crippen LogP contribution in [-0.4, -0.2) is 5.78 Å². The SMILES string of the molecule is CC(C)=O.ClC=CCl. The van der Waals surface area contributed by atoms with Gasteiger partial charge in [-0.25, -0.2) is 0 Å². The van der Waals surface area contributed by atoms with Crippen molar-refractivity contribution in [1.82, 2.24) is 0 Å². The largest absolute Gasteiger partial charge is 0.300 e. The van der Waals surface area contributed by atoms with E-state index in [0.29, 0.717) is 0 Å². The van der Waals surface area contributed by atoms with Gasteiger partial charge < -0.3 is 4.79 Å². The van der Waals surface area contributed by atoms with Crippen molar-refractivity contribution in [3.8, 4) is 0 Å². The van der Waals surface area contributed by atoms with Crippen LogP contribution in [0.2, 0.25) is 0 Å². The molecule has 0 aliphatic heterocycles. The van der Waals surface area contributed by atoms with Gasteiger partial charge in [0, 0.05) is 11.1 Å². The van der Waals surface area contributed by atoms with Gasteiger partial charge in [0.1, 0.15) is 5.78 Å². The Labute approximate surface area is 59.3 Å². The third kappa shape index (κ3) is 152. The summed E-state index contributed by atoms with van der Waals surface area (Å²) >= 11 is 9.75. The minimum Gasteiger partial charge on any atom is -0.300 e. The van der Waals surface area contributed by atoms with Crippen molar-refractivity contribution in [3.05, 3.63) is 11.1 Å². The molecule has 0 unspecified atom stereocenters. The average Bonchev–Trinajstić information content (AvgIpc) is 1.65. The van der Waals surface area contributed by atoms with Gasteiger partial charge in [0.2, 0.25) is 0 Å². The Bertz CT molecular complexity index is 70.5. The molecule has 0 saturated heterocycles. The fourth-order valence-electron chi connectivity index (χ4n) is 0. The van der Waals surface area contributed by atoms with Gasteiger partial charge in [0.05, 0.1) is 0 Å². The maximum absolute atomic E-state index is 9.44. The van der Waals surface area contributed by atoms with Gasteiger partial charge in [-0.2, -0.15) is 0 Å². The Morgan fingerprint density at radius 2 is 1.38 bits per heavy atom. The lowest BCUT2D eigenvalue weighted by molar-refractivity contribution is -0.114. The molecule has 0 aromatic heterocycles. The number of rotatable bonds is 0. The fourth-order valence-corrected chi connectivity index (χ4v) is 0. The zero-order valence-electron chi connectivity index (χ0n) is 4.82. The summed E-state index contributed by atoms with van der Waals surface area (Å²) in [4.78, 5) is 9.44. The van der Waals surface area contributed by atoms with E-state index in [4.69, 9.17) is 23.2 Å². The second-order valence-electron chi connectivity index (χ2n) is 1.16. The van der Waals surface area contributed by atoms with Crippen molar-refractivity contribution >= 4 is 29.0 Å². The van der Waals surface area contributed by atoms with Crippen molar-refractivity contribution in [1.29, 1.82) is 0 Å². The molecule has 0 spiro atoms. The summed E-state index contributed by atoms with van der Waals surface area (Å²) < 4.78 is 0. The third-order valence-electron chi connectivity index (χ3n) is 0.0476. The first-order valence-electron chi connectivity index (χ1n) is 1.97. The summed E-state index contributed by atoms with van der Waals surface area (Å²) in [5, 5.41) is 0. The zero-order chi connectivity index (χ0) is 6.99. The van der Waals surface area contributed by atoms with Crippen LogP contribution in [0.5, 0.6) is 0 Å². The van der Waals surface area contributed by atoms with E-state index in [9.17, 15) is 4.79 Å². The highest BCUT2D eigenvalue weighted by Crippen LogP contribution is 1.78. The molecule has 0 bridgehead atoms. The number of ketones is 1. The van der Waals surface area contributed by atoms with Crippen molar-refractivity contribution in [3.63, 3.8) is 0 Å². The molecule has 0 atom stereocenters. The van der Waals surface area contributed by atoms with Gasteiger partial charge in [-0.1, -0.05) is 23.2 Å². The molecule has 0 saturated carbocycles. The molecule has 0 amide bonds. The standard InChI is InChI=1S/C3H6O.C2H2Cl2/c1-3(2)4;3-1-2-4/h1-2H3;1-2H. The van der Waals surface area contributed by atoms with E-state index in [1.165, 1.54) is 24.9 Å². The lowest BCUT2D eigenvalue weighted by Crippen LogP contribution is -1.69. The number of halogens is 2. The Morgan fingerprint density at radius 3 is 1.38 bits per heavy atom. The average molecular weight is 155 g/mol. The molecule has 0 aromatic rings. The van der Waals surface area contributed by atoms with Crippen LogP contribution in [0.15, 0.2) is 11.1 Å². The van der Waals surface area contributed by atoms with Crippen LogP contribution in [0.3, 0.4) is 0 Å². The summed E-state index contributed by atoms with van der Waals surface area (Å²) in [6.45, 7) is 3.06. The van der Waals surface area contributed by atoms with Crippen LogP contribution in [0.1, 0.15) is 13.8 Å². The molecule has 0 rings (SSSR count). The van der Waals surface area contributed by atoms with E-state index < -0.39 is 0 Å². The van der Waals surface area contributed by atoms with Crippen LogP contribution in [-0.2, 0) is 4.79 Å². The van der Waals surface area contributed by atoms with Crippen LogP contribution in [0.25, 0.3) is 0 Å². The number of hydrogen-bond acceptors (Lipinski definition) is 1. The predicted octanol–water partition coefficient (Wildman–Crippen LogP) is 2.53. The normalized spacial score (nSPS) is 8.00. The van der Waals surface area contributed by atoms with Crippen LogP contribution < -0.4 is 0 Å². The van der Waals surface area contributed by atoms with Gasteiger partial charge in [-0.05, 0) is 13.8 Å². The Hall–Kier alpha value is -0.0100. The van der Waals surface area contributed by atoms with E-state index in [2.05, 4.69) is 0 Å². The maximum atomic E-state index is 9.44. The maximum Gasteiger partial charge on any atom is 0.126 e. The Kier molecular flexibility index (Phi) is 13.7. The zero-order valence-corrected chi connectivity index (χ0v) is 6.33. The first kappa shape index (κ1) is 10.9. The summed E-state index contributed by atoms with van der Waals surface area (Å²) in [6.07, 6.45) is 0. The van der Waals surface area contributed by atoms with Gasteiger partial charge in [-0.15, -0.1) is 0 Å². The van der Waals surface area contributed by atoms with Gasteiger partial charge >= 0.3 is 0 Å². The second-order valence-corrected chi connectivity index (χ2v) is 1.66. The van der Waals surface area contributed by atoms with Crippen LogP contribution in [0.4, 0.5) is 0 Å². The molecule has 0 N–H and O–H groups in total. The highest BCUT2D eigenvalue weighted by molar-refractivity contribution is 6.33. The summed E-state index contributed by atoms with van der Waals surface area (Å²) in [7, 11) is 0. The van der Waals surface area contributed by atoms with Crippen molar-refractivity contribution < 1.29 is 4.79 Å². The van der Waals surface area contributed by atoms with Gasteiger partial charge in [0.25, 0.3) is 0 Å². The first-order valence-corrected chi connectivity index (χ1v) is 2.85. The molecule has 0 aliphatic carbocycles. The summed E-state index contributed by atoms with van der Waals surface area (Å²) in [5.74, 6) is 0.167. The smallest absolute Gasteiger partial charge is 0.126 e. The molecule has 0 radical (unpaired) electrons. The molecule has 48 valence electrons. The lowest BCUT2D eigenvalue weighted by atomic mass is 10.6. The van der Waals surface area contributed by atoms with E-state index in [1.807, 2.05) is 0 Å². The second kappa shape index (κ2) is 10.1. The Morgan fingerprint density at radius 1 is 1.25 bits per heavy atom. The topological polar surface area (TPSA) is 17.1 Å². The molecule has 3 heteroatoms. The first-order chi connectivity index (χ1) is 3.65. The fraction of sp³-hybridized carbons (Fsp3) is 0.400. The van der Waals surface area contributed by atoms with Crippen molar-refractivity contribution in [2.45, 2.75) is 13.8 Å². The number of carbonyl (C=O) groups is 1. The molecule has 0 aromatic carbocycles. The monoisotopic (exact) mass is 154 g/mol. The van der Waals surface area contributed by atoms with E-state index >= 15 is 0 Å². The number of hydrogen-bond donors (Lipinski definition) is 0.